The van der Waals surface area contributed by atoms with Gasteiger partial charge < -0.3 is 10.6 Å². The third-order valence-electron chi connectivity index (χ3n) is 3.19. The SMILES string of the molecule is CCCc1[nH]nc(C(=O)N(C)Cc2ccccc2)c1N. The van der Waals surface area contributed by atoms with Crippen molar-refractivity contribution >= 4 is 11.6 Å². The first-order valence-electron chi connectivity index (χ1n) is 6.75. The number of aromatic amines is 1. The van der Waals surface area contributed by atoms with Crippen molar-refractivity contribution in [3.63, 3.8) is 0 Å². The van der Waals surface area contributed by atoms with Crippen LogP contribution in [0.2, 0.25) is 0 Å². The molecule has 0 aliphatic heterocycles. The molecule has 0 atom stereocenters. The van der Waals surface area contributed by atoms with Crippen LogP contribution in [0.1, 0.15) is 35.1 Å². The van der Waals surface area contributed by atoms with Crippen LogP contribution in [-0.2, 0) is 13.0 Å². The second kappa shape index (κ2) is 6.23. The summed E-state index contributed by atoms with van der Waals surface area (Å²) in [6.45, 7) is 2.60. The Balaban J connectivity index is 2.11. The molecule has 1 aromatic carbocycles. The summed E-state index contributed by atoms with van der Waals surface area (Å²) in [6, 6.07) is 9.83. The fraction of sp³-hybridized carbons (Fsp3) is 0.333. The minimum Gasteiger partial charge on any atom is -0.395 e. The summed E-state index contributed by atoms with van der Waals surface area (Å²) in [5.74, 6) is -0.162. The summed E-state index contributed by atoms with van der Waals surface area (Å²) in [4.78, 5) is 14.0. The van der Waals surface area contributed by atoms with Crippen molar-refractivity contribution < 1.29 is 4.79 Å². The molecular formula is C15H20N4O. The fourth-order valence-electron chi connectivity index (χ4n) is 2.10. The van der Waals surface area contributed by atoms with Crippen molar-refractivity contribution in [1.29, 1.82) is 0 Å². The van der Waals surface area contributed by atoms with E-state index in [1.54, 1.807) is 11.9 Å². The largest absolute Gasteiger partial charge is 0.395 e. The number of nitrogen functional groups attached to an aromatic ring is 1. The number of anilines is 1. The molecule has 0 saturated carbocycles. The van der Waals surface area contributed by atoms with Crippen LogP contribution in [0, 0.1) is 0 Å². The van der Waals surface area contributed by atoms with Crippen LogP contribution in [0.15, 0.2) is 30.3 Å². The number of rotatable bonds is 5. The Morgan fingerprint density at radius 3 is 2.70 bits per heavy atom. The van der Waals surface area contributed by atoms with Crippen molar-refractivity contribution in [3.05, 3.63) is 47.3 Å². The number of amides is 1. The minimum absolute atomic E-state index is 0.162. The molecule has 1 heterocycles. The van der Waals surface area contributed by atoms with E-state index < -0.39 is 0 Å². The molecule has 5 nitrogen and oxygen atoms in total. The van der Waals surface area contributed by atoms with Gasteiger partial charge in [-0.2, -0.15) is 5.10 Å². The number of hydrogen-bond donors (Lipinski definition) is 2. The first-order valence-corrected chi connectivity index (χ1v) is 6.75. The third-order valence-corrected chi connectivity index (χ3v) is 3.19. The van der Waals surface area contributed by atoms with Crippen molar-refractivity contribution in [3.8, 4) is 0 Å². The van der Waals surface area contributed by atoms with E-state index in [1.165, 1.54) is 0 Å². The lowest BCUT2D eigenvalue weighted by Crippen LogP contribution is -2.27. The van der Waals surface area contributed by atoms with Gasteiger partial charge in [0, 0.05) is 13.6 Å². The van der Waals surface area contributed by atoms with E-state index >= 15 is 0 Å². The maximum absolute atomic E-state index is 12.4. The van der Waals surface area contributed by atoms with Gasteiger partial charge >= 0.3 is 0 Å². The van der Waals surface area contributed by atoms with Gasteiger partial charge in [-0.1, -0.05) is 43.7 Å². The smallest absolute Gasteiger partial charge is 0.276 e. The van der Waals surface area contributed by atoms with Gasteiger partial charge in [-0.05, 0) is 12.0 Å². The number of aromatic nitrogens is 2. The Morgan fingerprint density at radius 2 is 2.05 bits per heavy atom. The van der Waals surface area contributed by atoms with Crippen molar-refractivity contribution in [2.45, 2.75) is 26.3 Å². The number of nitrogens with one attached hydrogen (secondary N) is 1. The quantitative estimate of drug-likeness (QED) is 0.876. The Labute approximate surface area is 118 Å². The predicted molar refractivity (Wildman–Crippen MR) is 79.2 cm³/mol. The van der Waals surface area contributed by atoms with Crippen LogP contribution in [0.4, 0.5) is 5.69 Å². The average Bonchev–Trinajstić information content (AvgIpc) is 2.81. The van der Waals surface area contributed by atoms with Gasteiger partial charge in [0.05, 0.1) is 11.4 Å². The zero-order chi connectivity index (χ0) is 14.5. The molecule has 0 aliphatic carbocycles. The minimum atomic E-state index is -0.162. The van der Waals surface area contributed by atoms with Gasteiger partial charge in [-0.25, -0.2) is 0 Å². The van der Waals surface area contributed by atoms with E-state index in [9.17, 15) is 4.79 Å². The highest BCUT2D eigenvalue weighted by molar-refractivity contribution is 5.97. The van der Waals surface area contributed by atoms with E-state index in [-0.39, 0.29) is 5.91 Å². The summed E-state index contributed by atoms with van der Waals surface area (Å²) < 4.78 is 0. The number of nitrogens with two attached hydrogens (primary N) is 1. The summed E-state index contributed by atoms with van der Waals surface area (Å²) in [5, 5.41) is 6.91. The number of aryl methyl sites for hydroxylation is 1. The first-order chi connectivity index (χ1) is 9.63. The molecule has 0 unspecified atom stereocenters. The number of carbonyl (C=O) groups excluding carboxylic acids is 1. The normalized spacial score (nSPS) is 10.5. The lowest BCUT2D eigenvalue weighted by molar-refractivity contribution is 0.0780. The van der Waals surface area contributed by atoms with Crippen LogP contribution < -0.4 is 5.73 Å². The fourth-order valence-corrected chi connectivity index (χ4v) is 2.10. The third kappa shape index (κ3) is 2.99. The topological polar surface area (TPSA) is 75.0 Å². The maximum Gasteiger partial charge on any atom is 0.276 e. The molecule has 20 heavy (non-hydrogen) atoms. The van der Waals surface area contributed by atoms with E-state index in [2.05, 4.69) is 17.1 Å². The molecule has 5 heteroatoms. The van der Waals surface area contributed by atoms with Gasteiger partial charge in [0.25, 0.3) is 5.91 Å². The molecule has 1 aromatic heterocycles. The average molecular weight is 272 g/mol. The standard InChI is InChI=1S/C15H20N4O/c1-3-7-12-13(16)14(18-17-12)15(20)19(2)10-11-8-5-4-6-9-11/h4-6,8-9H,3,7,10,16H2,1-2H3,(H,17,18). The molecule has 0 saturated heterocycles. The van der Waals surface area contributed by atoms with Crippen LogP contribution in [0.25, 0.3) is 0 Å². The van der Waals surface area contributed by atoms with Gasteiger partial charge in [-0.15, -0.1) is 0 Å². The number of nitrogens with zero attached hydrogens (tertiary/aromatic N) is 2. The van der Waals surface area contributed by atoms with Crippen molar-refractivity contribution in [2.75, 3.05) is 12.8 Å². The van der Waals surface area contributed by atoms with Crippen molar-refractivity contribution in [2.24, 2.45) is 0 Å². The van der Waals surface area contributed by atoms with Gasteiger partial charge in [0.2, 0.25) is 0 Å². The summed E-state index contributed by atoms with van der Waals surface area (Å²) in [6.07, 6.45) is 1.76. The number of hydrogen-bond acceptors (Lipinski definition) is 3. The first kappa shape index (κ1) is 14.1. The number of H-pyrrole nitrogens is 1. The second-order valence-electron chi connectivity index (χ2n) is 4.86. The Morgan fingerprint density at radius 1 is 1.35 bits per heavy atom. The van der Waals surface area contributed by atoms with Crippen LogP contribution in [0.5, 0.6) is 0 Å². The summed E-state index contributed by atoms with van der Waals surface area (Å²) in [5.41, 5.74) is 8.67. The zero-order valence-electron chi connectivity index (χ0n) is 11.9. The molecular weight excluding hydrogens is 252 g/mol. The molecule has 0 fully saturated rings. The molecule has 0 bridgehead atoms. The van der Waals surface area contributed by atoms with Gasteiger partial charge in [-0.3, -0.25) is 9.89 Å². The summed E-state index contributed by atoms with van der Waals surface area (Å²) >= 11 is 0. The molecule has 106 valence electrons. The van der Waals surface area contributed by atoms with Crippen LogP contribution >= 0.6 is 0 Å². The van der Waals surface area contributed by atoms with Gasteiger partial charge in [0.15, 0.2) is 5.69 Å². The molecule has 3 N–H and O–H groups in total. The lowest BCUT2D eigenvalue weighted by Gasteiger charge is -2.16. The second-order valence-corrected chi connectivity index (χ2v) is 4.86. The lowest BCUT2D eigenvalue weighted by atomic mass is 10.2. The van der Waals surface area contributed by atoms with E-state index in [4.69, 9.17) is 5.73 Å². The highest BCUT2D eigenvalue weighted by Gasteiger charge is 2.20. The molecule has 2 aromatic rings. The highest BCUT2D eigenvalue weighted by Crippen LogP contribution is 2.17. The molecule has 1 amide bonds. The van der Waals surface area contributed by atoms with Crippen LogP contribution in [-0.4, -0.2) is 28.1 Å². The number of benzene rings is 1. The van der Waals surface area contributed by atoms with E-state index in [0.717, 1.165) is 24.1 Å². The Kier molecular flexibility index (Phi) is 4.40. The monoisotopic (exact) mass is 272 g/mol. The van der Waals surface area contributed by atoms with Gasteiger partial charge in [0.1, 0.15) is 0 Å². The number of carbonyl (C=O) groups is 1. The van der Waals surface area contributed by atoms with E-state index in [1.807, 2.05) is 30.3 Å². The molecule has 0 spiro atoms. The zero-order valence-corrected chi connectivity index (χ0v) is 11.9. The summed E-state index contributed by atoms with van der Waals surface area (Å²) in [7, 11) is 1.75. The highest BCUT2D eigenvalue weighted by atomic mass is 16.2. The van der Waals surface area contributed by atoms with Crippen molar-refractivity contribution in [1.82, 2.24) is 15.1 Å². The molecule has 0 aliphatic rings. The molecule has 2 rings (SSSR count). The maximum atomic E-state index is 12.4. The van der Waals surface area contributed by atoms with E-state index in [0.29, 0.717) is 17.9 Å². The predicted octanol–water partition coefficient (Wildman–Crippen LogP) is 2.22. The molecule has 0 radical (unpaired) electrons. The Bertz CT molecular complexity index is 577. The van der Waals surface area contributed by atoms with Crippen LogP contribution in [0.3, 0.4) is 0 Å². The Hall–Kier alpha value is -2.30.